The van der Waals surface area contributed by atoms with E-state index in [0.29, 0.717) is 11.3 Å². The molecular weight excluding hydrogens is 338 g/mol. The lowest BCUT2D eigenvalue weighted by molar-refractivity contribution is -0.137. The topological polar surface area (TPSA) is 75.6 Å². The Morgan fingerprint density at radius 2 is 1.88 bits per heavy atom. The first kappa shape index (κ1) is 18.9. The van der Waals surface area contributed by atoms with Crippen LogP contribution in [0.5, 0.6) is 5.75 Å². The number of hydrogen-bond donors (Lipinski definition) is 2. The molecule has 2 rings (SSSR count). The van der Waals surface area contributed by atoms with Crippen LogP contribution in [0.25, 0.3) is 0 Å². The Bertz CT molecular complexity index is 759. The van der Waals surface area contributed by atoms with Gasteiger partial charge in [-0.25, -0.2) is 0 Å². The maximum absolute atomic E-state index is 12.5. The van der Waals surface area contributed by atoms with Crippen LogP contribution >= 0.6 is 11.8 Å². The number of rotatable bonds is 7. The van der Waals surface area contributed by atoms with Crippen molar-refractivity contribution in [3.8, 4) is 5.75 Å². The molecule has 0 heterocycles. The maximum atomic E-state index is 12.5. The van der Waals surface area contributed by atoms with E-state index < -0.39 is 12.0 Å². The lowest BCUT2D eigenvalue weighted by Gasteiger charge is -2.18. The SMILES string of the molecule is COc1cc(C(=O)NC(CC(=O)O)c2ccc(SC)cc2)ccc1C. The molecule has 132 valence electrons. The van der Waals surface area contributed by atoms with E-state index in [2.05, 4.69) is 5.32 Å². The monoisotopic (exact) mass is 359 g/mol. The standard InChI is InChI=1S/C19H21NO4S/c1-12-4-5-14(10-17(12)24-2)19(23)20-16(11-18(21)22)13-6-8-15(25-3)9-7-13/h4-10,16H,11H2,1-3H3,(H,20,23)(H,21,22). The van der Waals surface area contributed by atoms with Crippen molar-refractivity contribution in [3.63, 3.8) is 0 Å². The van der Waals surface area contributed by atoms with Crippen LogP contribution in [-0.4, -0.2) is 30.3 Å². The van der Waals surface area contributed by atoms with Gasteiger partial charge >= 0.3 is 5.97 Å². The van der Waals surface area contributed by atoms with Crippen molar-refractivity contribution >= 4 is 23.6 Å². The van der Waals surface area contributed by atoms with Gasteiger partial charge in [0, 0.05) is 10.5 Å². The molecule has 2 N–H and O–H groups in total. The number of aliphatic carboxylic acids is 1. The van der Waals surface area contributed by atoms with E-state index in [1.165, 1.54) is 0 Å². The van der Waals surface area contributed by atoms with E-state index in [1.54, 1.807) is 37.1 Å². The Morgan fingerprint density at radius 1 is 1.20 bits per heavy atom. The Balaban J connectivity index is 2.23. The summed E-state index contributed by atoms with van der Waals surface area (Å²) in [6, 6.07) is 12.1. The number of benzene rings is 2. The van der Waals surface area contributed by atoms with Gasteiger partial charge in [-0.1, -0.05) is 18.2 Å². The molecule has 1 amide bonds. The minimum Gasteiger partial charge on any atom is -0.496 e. The van der Waals surface area contributed by atoms with Gasteiger partial charge in [0.05, 0.1) is 19.6 Å². The number of amides is 1. The first-order valence-electron chi connectivity index (χ1n) is 7.76. The molecule has 0 aliphatic rings. The molecule has 0 saturated carbocycles. The number of carbonyl (C=O) groups excluding carboxylic acids is 1. The zero-order valence-corrected chi connectivity index (χ0v) is 15.2. The highest BCUT2D eigenvalue weighted by atomic mass is 32.2. The Kier molecular flexibility index (Phi) is 6.47. The van der Waals surface area contributed by atoms with E-state index in [0.717, 1.165) is 16.0 Å². The predicted octanol–water partition coefficient (Wildman–Crippen LogP) is 3.67. The number of carboxylic acids is 1. The van der Waals surface area contributed by atoms with E-state index in [1.807, 2.05) is 37.4 Å². The summed E-state index contributed by atoms with van der Waals surface area (Å²) in [5, 5.41) is 12.0. The lowest BCUT2D eigenvalue weighted by Crippen LogP contribution is -2.30. The highest BCUT2D eigenvalue weighted by Crippen LogP contribution is 2.23. The van der Waals surface area contributed by atoms with Crippen LogP contribution in [0.4, 0.5) is 0 Å². The van der Waals surface area contributed by atoms with Gasteiger partial charge in [0.2, 0.25) is 0 Å². The molecule has 0 fully saturated rings. The van der Waals surface area contributed by atoms with Crippen LogP contribution in [0.2, 0.25) is 0 Å². The molecule has 25 heavy (non-hydrogen) atoms. The molecule has 0 bridgehead atoms. The molecule has 5 nitrogen and oxygen atoms in total. The minimum absolute atomic E-state index is 0.187. The fourth-order valence-electron chi connectivity index (χ4n) is 2.47. The molecule has 1 unspecified atom stereocenters. The number of carboxylic acid groups (broad SMARTS) is 1. The van der Waals surface area contributed by atoms with Gasteiger partial charge in [0.15, 0.2) is 0 Å². The van der Waals surface area contributed by atoms with Gasteiger partial charge in [-0.3, -0.25) is 9.59 Å². The van der Waals surface area contributed by atoms with Crippen LogP contribution in [0.15, 0.2) is 47.4 Å². The number of methoxy groups -OCH3 is 1. The molecule has 6 heteroatoms. The van der Waals surface area contributed by atoms with E-state index in [-0.39, 0.29) is 12.3 Å². The third-order valence-electron chi connectivity index (χ3n) is 3.87. The quantitative estimate of drug-likeness (QED) is 0.738. The number of aryl methyl sites for hydroxylation is 1. The molecule has 1 atom stereocenters. The van der Waals surface area contributed by atoms with E-state index in [9.17, 15) is 14.7 Å². The second-order valence-electron chi connectivity index (χ2n) is 5.58. The van der Waals surface area contributed by atoms with Crippen LogP contribution in [0.3, 0.4) is 0 Å². The van der Waals surface area contributed by atoms with Crippen molar-refractivity contribution in [1.29, 1.82) is 0 Å². The number of nitrogens with one attached hydrogen (secondary N) is 1. The van der Waals surface area contributed by atoms with E-state index in [4.69, 9.17) is 4.74 Å². The summed E-state index contributed by atoms with van der Waals surface area (Å²) >= 11 is 1.60. The summed E-state index contributed by atoms with van der Waals surface area (Å²) in [5.41, 5.74) is 2.11. The zero-order valence-electron chi connectivity index (χ0n) is 14.4. The normalized spacial score (nSPS) is 11.6. The molecule has 0 saturated heterocycles. The predicted molar refractivity (Wildman–Crippen MR) is 98.4 cm³/mol. The average molecular weight is 359 g/mol. The van der Waals surface area contributed by atoms with Crippen molar-refractivity contribution in [2.45, 2.75) is 24.3 Å². The summed E-state index contributed by atoms with van der Waals surface area (Å²) in [6.45, 7) is 1.89. The first-order chi connectivity index (χ1) is 11.9. The fraction of sp³-hybridized carbons (Fsp3) is 0.263. The van der Waals surface area contributed by atoms with Crippen LogP contribution in [0, 0.1) is 6.92 Å². The molecule has 0 aliphatic carbocycles. The van der Waals surface area contributed by atoms with Gasteiger partial charge in [-0.15, -0.1) is 11.8 Å². The Morgan fingerprint density at radius 3 is 2.44 bits per heavy atom. The molecule has 0 spiro atoms. The molecule has 2 aromatic rings. The largest absolute Gasteiger partial charge is 0.496 e. The van der Waals surface area contributed by atoms with Gasteiger partial charge in [-0.2, -0.15) is 0 Å². The van der Waals surface area contributed by atoms with Crippen LogP contribution in [0.1, 0.15) is 33.9 Å². The second kappa shape index (κ2) is 8.58. The third kappa shape index (κ3) is 5.00. The maximum Gasteiger partial charge on any atom is 0.305 e. The molecular formula is C19H21NO4S. The summed E-state index contributed by atoms with van der Waals surface area (Å²) < 4.78 is 5.24. The van der Waals surface area contributed by atoms with Gasteiger partial charge in [0.1, 0.15) is 5.75 Å². The first-order valence-corrected chi connectivity index (χ1v) is 8.98. The van der Waals surface area contributed by atoms with Crippen LogP contribution in [-0.2, 0) is 4.79 Å². The van der Waals surface area contributed by atoms with Crippen molar-refractivity contribution < 1.29 is 19.4 Å². The highest BCUT2D eigenvalue weighted by Gasteiger charge is 2.19. The summed E-state index contributed by atoms with van der Waals surface area (Å²) in [5.74, 6) is -0.689. The minimum atomic E-state index is -0.972. The number of carbonyl (C=O) groups is 2. The fourth-order valence-corrected chi connectivity index (χ4v) is 2.87. The van der Waals surface area contributed by atoms with Gasteiger partial charge < -0.3 is 15.2 Å². The van der Waals surface area contributed by atoms with Crippen molar-refractivity contribution in [3.05, 3.63) is 59.2 Å². The van der Waals surface area contributed by atoms with Crippen molar-refractivity contribution in [1.82, 2.24) is 5.32 Å². The Labute approximate surface area is 151 Å². The lowest BCUT2D eigenvalue weighted by atomic mass is 10.0. The van der Waals surface area contributed by atoms with Gasteiger partial charge in [-0.05, 0) is 48.6 Å². The zero-order chi connectivity index (χ0) is 18.4. The summed E-state index contributed by atoms with van der Waals surface area (Å²) in [7, 11) is 1.55. The number of hydrogen-bond acceptors (Lipinski definition) is 4. The van der Waals surface area contributed by atoms with Gasteiger partial charge in [0.25, 0.3) is 5.91 Å². The van der Waals surface area contributed by atoms with Crippen LogP contribution < -0.4 is 10.1 Å². The molecule has 0 aromatic heterocycles. The van der Waals surface area contributed by atoms with Crippen molar-refractivity contribution in [2.24, 2.45) is 0 Å². The third-order valence-corrected chi connectivity index (χ3v) is 4.62. The van der Waals surface area contributed by atoms with Crippen molar-refractivity contribution in [2.75, 3.05) is 13.4 Å². The average Bonchev–Trinajstić information content (AvgIpc) is 2.61. The molecule has 0 aliphatic heterocycles. The van der Waals surface area contributed by atoms with E-state index >= 15 is 0 Å². The molecule has 2 aromatic carbocycles. The molecule has 0 radical (unpaired) electrons. The number of thioether (sulfide) groups is 1. The summed E-state index contributed by atoms with van der Waals surface area (Å²) in [6.07, 6.45) is 1.78. The highest BCUT2D eigenvalue weighted by molar-refractivity contribution is 7.98. The smallest absolute Gasteiger partial charge is 0.305 e. The Hall–Kier alpha value is -2.47. The number of ether oxygens (including phenoxy) is 1. The summed E-state index contributed by atoms with van der Waals surface area (Å²) in [4.78, 5) is 24.8. The second-order valence-corrected chi connectivity index (χ2v) is 6.46.